The molecule has 244 valence electrons. The van der Waals surface area contributed by atoms with Gasteiger partial charge in [-0.15, -0.1) is 13.2 Å². The predicted molar refractivity (Wildman–Crippen MR) is 159 cm³/mol. The standard InChI is InChI=1S/C30H30F3N5O7S/c1-42-27-14-28(43-2)37-29(36-27)38-46(40,41)26-10-7-19(13-25(26)45-30(31,32)33)18-6-9-24-20(12-18)5-8-22(44-24)16-35-17-23(39)21-4-3-11-34-15-21/h3-4,6-7,9-15,22-23,35,39H,5,8,16-17H2,1-2H3,(H,36,37,38)/t22-,23-/m1/s1. The molecule has 0 fully saturated rings. The van der Waals surface area contributed by atoms with Crippen LogP contribution in [-0.2, 0) is 16.4 Å². The van der Waals surface area contributed by atoms with Crippen molar-refractivity contribution < 1.29 is 45.6 Å². The van der Waals surface area contributed by atoms with Gasteiger partial charge >= 0.3 is 6.36 Å². The van der Waals surface area contributed by atoms with Gasteiger partial charge in [-0.2, -0.15) is 9.97 Å². The maximum absolute atomic E-state index is 13.4. The molecule has 0 spiro atoms. The minimum absolute atomic E-state index is 0.0368. The van der Waals surface area contributed by atoms with Gasteiger partial charge in [-0.05, 0) is 59.9 Å². The number of nitrogens with one attached hydrogen (secondary N) is 2. The van der Waals surface area contributed by atoms with Crippen LogP contribution in [-0.4, -0.2) is 68.3 Å². The number of anilines is 1. The van der Waals surface area contributed by atoms with E-state index in [0.717, 1.165) is 17.7 Å². The summed E-state index contributed by atoms with van der Waals surface area (Å²) in [7, 11) is -2.10. The Morgan fingerprint density at radius 3 is 2.43 bits per heavy atom. The molecule has 1 aliphatic heterocycles. The third-order valence-corrected chi connectivity index (χ3v) is 8.35. The Bertz CT molecular complexity index is 1760. The number of aliphatic hydroxyl groups is 1. The van der Waals surface area contributed by atoms with Gasteiger partial charge in [0.05, 0.1) is 26.4 Å². The first-order valence-corrected chi connectivity index (χ1v) is 15.4. The van der Waals surface area contributed by atoms with Gasteiger partial charge in [0.1, 0.15) is 16.7 Å². The SMILES string of the molecule is COc1cc(OC)nc(NS(=O)(=O)c2ccc(-c3ccc4c(c3)CC[C@H](CNC[C@@H](O)c3cccnc3)O4)cc2OC(F)(F)F)n1. The molecule has 5 rings (SSSR count). The smallest absolute Gasteiger partial charge is 0.489 e. The van der Waals surface area contributed by atoms with Gasteiger partial charge in [-0.3, -0.25) is 4.98 Å². The van der Waals surface area contributed by atoms with E-state index >= 15 is 0 Å². The fourth-order valence-corrected chi connectivity index (χ4v) is 5.84. The quantitative estimate of drug-likeness (QED) is 0.199. The second-order valence-corrected chi connectivity index (χ2v) is 11.8. The lowest BCUT2D eigenvalue weighted by molar-refractivity contribution is -0.275. The minimum atomic E-state index is -5.18. The highest BCUT2D eigenvalue weighted by Gasteiger charge is 2.35. The summed E-state index contributed by atoms with van der Waals surface area (Å²) in [5, 5.41) is 13.5. The van der Waals surface area contributed by atoms with Gasteiger partial charge < -0.3 is 29.4 Å². The van der Waals surface area contributed by atoms with Gasteiger partial charge in [0.25, 0.3) is 10.0 Å². The summed E-state index contributed by atoms with van der Waals surface area (Å²) >= 11 is 0. The van der Waals surface area contributed by atoms with Crippen molar-refractivity contribution in [3.05, 3.63) is 78.1 Å². The molecule has 0 radical (unpaired) electrons. The van der Waals surface area contributed by atoms with Crippen LogP contribution in [0.2, 0.25) is 0 Å². The molecule has 2 aromatic carbocycles. The van der Waals surface area contributed by atoms with E-state index in [2.05, 4.69) is 25.0 Å². The van der Waals surface area contributed by atoms with Crippen LogP contribution in [0.4, 0.5) is 19.1 Å². The Morgan fingerprint density at radius 1 is 1.04 bits per heavy atom. The van der Waals surface area contributed by atoms with Crippen molar-refractivity contribution in [1.82, 2.24) is 20.3 Å². The lowest BCUT2D eigenvalue weighted by Gasteiger charge is -2.27. The van der Waals surface area contributed by atoms with Gasteiger partial charge in [0.2, 0.25) is 17.7 Å². The third kappa shape index (κ3) is 8.13. The van der Waals surface area contributed by atoms with Gasteiger partial charge in [0.15, 0.2) is 5.75 Å². The van der Waals surface area contributed by atoms with E-state index < -0.39 is 39.1 Å². The van der Waals surface area contributed by atoms with E-state index in [0.29, 0.717) is 42.8 Å². The van der Waals surface area contributed by atoms with Crippen molar-refractivity contribution in [3.8, 4) is 34.4 Å². The highest BCUT2D eigenvalue weighted by atomic mass is 32.2. The summed E-state index contributed by atoms with van der Waals surface area (Å²) in [5.41, 5.74) is 2.36. The molecule has 3 heterocycles. The largest absolute Gasteiger partial charge is 0.573 e. The molecule has 0 aliphatic carbocycles. The second kappa shape index (κ2) is 13.8. The molecule has 2 atom stereocenters. The average molecular weight is 662 g/mol. The van der Waals surface area contributed by atoms with E-state index in [4.69, 9.17) is 14.2 Å². The van der Waals surface area contributed by atoms with E-state index in [1.165, 1.54) is 26.4 Å². The van der Waals surface area contributed by atoms with Crippen molar-refractivity contribution in [2.24, 2.45) is 0 Å². The monoisotopic (exact) mass is 661 g/mol. The minimum Gasteiger partial charge on any atom is -0.489 e. The number of benzene rings is 2. The Kier molecular flexibility index (Phi) is 9.79. The van der Waals surface area contributed by atoms with Crippen molar-refractivity contribution in [1.29, 1.82) is 0 Å². The van der Waals surface area contributed by atoms with E-state index in [9.17, 15) is 26.7 Å². The van der Waals surface area contributed by atoms with Crippen LogP contribution in [0, 0.1) is 0 Å². The van der Waals surface area contributed by atoms with Crippen LogP contribution in [0.1, 0.15) is 23.7 Å². The number of nitrogens with zero attached hydrogens (tertiary/aromatic N) is 3. The molecule has 0 saturated carbocycles. The summed E-state index contributed by atoms with van der Waals surface area (Å²) in [6.45, 7) is 0.815. The van der Waals surface area contributed by atoms with Gasteiger partial charge in [-0.25, -0.2) is 13.1 Å². The molecular weight excluding hydrogens is 631 g/mol. The number of fused-ring (bicyclic) bond motifs is 1. The number of aromatic nitrogens is 3. The average Bonchev–Trinajstić information content (AvgIpc) is 3.03. The molecule has 0 bridgehead atoms. The zero-order valence-electron chi connectivity index (χ0n) is 24.6. The lowest BCUT2D eigenvalue weighted by Crippen LogP contribution is -2.36. The number of alkyl halides is 3. The molecule has 0 saturated heterocycles. The maximum Gasteiger partial charge on any atom is 0.573 e. The number of rotatable bonds is 12. The number of pyridine rings is 1. The van der Waals surface area contributed by atoms with Crippen LogP contribution >= 0.6 is 0 Å². The fraction of sp³-hybridized carbons (Fsp3) is 0.300. The lowest BCUT2D eigenvalue weighted by atomic mass is 9.97. The summed E-state index contributed by atoms with van der Waals surface area (Å²) in [4.78, 5) is 11.0. The van der Waals surface area contributed by atoms with E-state index in [-0.39, 0.29) is 23.4 Å². The van der Waals surface area contributed by atoms with Crippen LogP contribution in [0.15, 0.2) is 71.9 Å². The Labute approximate surface area is 262 Å². The number of ether oxygens (including phenoxy) is 4. The van der Waals surface area contributed by atoms with Crippen LogP contribution < -0.4 is 29.0 Å². The zero-order valence-corrected chi connectivity index (χ0v) is 25.4. The summed E-state index contributed by atoms with van der Waals surface area (Å²) in [6.07, 6.45) is -1.52. The topological polar surface area (TPSA) is 154 Å². The first-order chi connectivity index (χ1) is 21.9. The summed E-state index contributed by atoms with van der Waals surface area (Å²) < 4.78 is 89.0. The zero-order chi connectivity index (χ0) is 32.9. The van der Waals surface area contributed by atoms with Gasteiger partial charge in [-0.1, -0.05) is 18.2 Å². The first-order valence-electron chi connectivity index (χ1n) is 13.9. The maximum atomic E-state index is 13.4. The highest BCUT2D eigenvalue weighted by Crippen LogP contribution is 2.37. The third-order valence-electron chi connectivity index (χ3n) is 6.98. The Morgan fingerprint density at radius 2 is 1.76 bits per heavy atom. The number of methoxy groups -OCH3 is 2. The number of aliphatic hydroxyl groups excluding tert-OH is 1. The van der Waals surface area contributed by atoms with Crippen molar-refractivity contribution >= 4 is 16.0 Å². The number of halogens is 3. The molecule has 46 heavy (non-hydrogen) atoms. The number of hydrogen-bond acceptors (Lipinski definition) is 11. The molecule has 2 aromatic heterocycles. The second-order valence-electron chi connectivity index (χ2n) is 10.2. The fourth-order valence-electron chi connectivity index (χ4n) is 4.79. The first kappa shape index (κ1) is 32.7. The molecule has 0 amide bonds. The van der Waals surface area contributed by atoms with Gasteiger partial charge in [0, 0.05) is 31.0 Å². The molecular formula is C30H30F3N5O7S. The molecule has 0 unspecified atom stereocenters. The predicted octanol–water partition coefficient (Wildman–Crippen LogP) is 4.27. The molecule has 12 nitrogen and oxygen atoms in total. The molecule has 3 N–H and O–H groups in total. The van der Waals surface area contributed by atoms with E-state index in [1.807, 2.05) is 4.72 Å². The molecule has 1 aliphatic rings. The summed E-state index contributed by atoms with van der Waals surface area (Å²) in [6, 6.07) is 13.4. The van der Waals surface area contributed by atoms with Crippen LogP contribution in [0.25, 0.3) is 11.1 Å². The molecule has 16 heteroatoms. The summed E-state index contributed by atoms with van der Waals surface area (Å²) in [5.74, 6) is -0.874. The number of sulfonamides is 1. The van der Waals surface area contributed by atoms with Crippen molar-refractivity contribution in [2.75, 3.05) is 32.0 Å². The van der Waals surface area contributed by atoms with Crippen LogP contribution in [0.3, 0.4) is 0 Å². The molecule has 4 aromatic rings. The Hall–Kier alpha value is -4.67. The highest BCUT2D eigenvalue weighted by molar-refractivity contribution is 7.92. The number of aryl methyl sites for hydroxylation is 1. The normalized spacial score (nSPS) is 15.3. The van der Waals surface area contributed by atoms with Crippen molar-refractivity contribution in [3.63, 3.8) is 0 Å². The van der Waals surface area contributed by atoms with Crippen molar-refractivity contribution in [2.45, 2.75) is 36.3 Å². The van der Waals surface area contributed by atoms with E-state index in [1.54, 1.807) is 42.7 Å². The number of hydrogen-bond donors (Lipinski definition) is 3. The van der Waals surface area contributed by atoms with Crippen LogP contribution in [0.5, 0.6) is 23.3 Å². The Balaban J connectivity index is 1.32.